The Morgan fingerprint density at radius 3 is 2.62 bits per heavy atom. The van der Waals surface area contributed by atoms with E-state index in [1.54, 1.807) is 23.2 Å². The highest BCUT2D eigenvalue weighted by molar-refractivity contribution is 6.30. The minimum absolute atomic E-state index is 0.0677. The molecule has 0 saturated heterocycles. The number of carbonyl (C=O) groups is 1. The third-order valence-electron chi connectivity index (χ3n) is 4.61. The lowest BCUT2D eigenvalue weighted by molar-refractivity contribution is 0.0992. The van der Waals surface area contributed by atoms with Crippen LogP contribution in [0.15, 0.2) is 66.9 Å². The standard InChI is InChI=1S/C21H18ClN3O/c1-2-14-7-3-6-10-18(14)24-20-16-8-4-5-9-17(16)21(26)25(20)19-12-11-15(22)13-23-19/h3-13,20,24H,2H2,1H3/t20-/m1/s1. The van der Waals surface area contributed by atoms with E-state index >= 15 is 0 Å². The summed E-state index contributed by atoms with van der Waals surface area (Å²) < 4.78 is 0. The summed E-state index contributed by atoms with van der Waals surface area (Å²) in [5.74, 6) is 0.504. The normalized spacial score (nSPS) is 15.8. The van der Waals surface area contributed by atoms with Gasteiger partial charge in [-0.1, -0.05) is 54.9 Å². The van der Waals surface area contributed by atoms with Gasteiger partial charge in [0.25, 0.3) is 5.91 Å². The molecule has 0 bridgehead atoms. The third-order valence-corrected chi connectivity index (χ3v) is 4.84. The largest absolute Gasteiger partial charge is 0.361 e. The minimum Gasteiger partial charge on any atom is -0.361 e. The van der Waals surface area contributed by atoms with Gasteiger partial charge in [-0.05, 0) is 36.2 Å². The molecular weight excluding hydrogens is 346 g/mol. The second-order valence-corrected chi connectivity index (χ2v) is 6.59. The average Bonchev–Trinajstić information content (AvgIpc) is 2.95. The zero-order chi connectivity index (χ0) is 18.1. The van der Waals surface area contributed by atoms with Crippen LogP contribution in [0.5, 0.6) is 0 Å². The summed E-state index contributed by atoms with van der Waals surface area (Å²) >= 11 is 5.97. The molecule has 3 aromatic rings. The quantitative estimate of drug-likeness (QED) is 0.704. The molecule has 2 heterocycles. The van der Waals surface area contributed by atoms with Crippen LogP contribution in [-0.4, -0.2) is 10.9 Å². The molecule has 1 aromatic heterocycles. The van der Waals surface area contributed by atoms with E-state index < -0.39 is 0 Å². The number of hydrogen-bond acceptors (Lipinski definition) is 3. The second-order valence-electron chi connectivity index (χ2n) is 6.15. The predicted molar refractivity (Wildman–Crippen MR) is 105 cm³/mol. The van der Waals surface area contributed by atoms with Crippen LogP contribution in [-0.2, 0) is 6.42 Å². The first-order valence-corrected chi connectivity index (χ1v) is 8.95. The maximum absolute atomic E-state index is 13.1. The smallest absolute Gasteiger partial charge is 0.261 e. The molecule has 1 amide bonds. The Morgan fingerprint density at radius 1 is 1.08 bits per heavy atom. The summed E-state index contributed by atoms with van der Waals surface area (Å²) in [6, 6.07) is 19.3. The first-order valence-electron chi connectivity index (χ1n) is 8.57. The number of para-hydroxylation sites is 1. The van der Waals surface area contributed by atoms with Crippen LogP contribution in [0.1, 0.15) is 34.6 Å². The van der Waals surface area contributed by atoms with Crippen molar-refractivity contribution in [3.8, 4) is 0 Å². The Kier molecular flexibility index (Phi) is 4.35. The molecule has 2 aromatic carbocycles. The summed E-state index contributed by atoms with van der Waals surface area (Å²) in [5.41, 5.74) is 3.85. The van der Waals surface area contributed by atoms with E-state index in [1.165, 1.54) is 5.56 Å². The fraction of sp³-hybridized carbons (Fsp3) is 0.143. The molecule has 0 radical (unpaired) electrons. The minimum atomic E-state index is -0.319. The predicted octanol–water partition coefficient (Wildman–Crippen LogP) is 5.07. The van der Waals surface area contributed by atoms with Crippen LogP contribution in [0.4, 0.5) is 11.5 Å². The molecule has 0 spiro atoms. The van der Waals surface area contributed by atoms with Gasteiger partial charge < -0.3 is 5.32 Å². The fourth-order valence-electron chi connectivity index (χ4n) is 3.32. The van der Waals surface area contributed by atoms with Crippen LogP contribution >= 0.6 is 11.6 Å². The van der Waals surface area contributed by atoms with Gasteiger partial charge in [0.05, 0.1) is 5.02 Å². The molecule has 0 unspecified atom stereocenters. The van der Waals surface area contributed by atoms with Crippen molar-refractivity contribution < 1.29 is 4.79 Å². The molecule has 4 nitrogen and oxygen atoms in total. The highest BCUT2D eigenvalue weighted by Crippen LogP contribution is 2.38. The van der Waals surface area contributed by atoms with E-state index in [0.717, 1.165) is 17.7 Å². The number of aromatic nitrogens is 1. The fourth-order valence-corrected chi connectivity index (χ4v) is 3.43. The van der Waals surface area contributed by atoms with Gasteiger partial charge in [0.15, 0.2) is 0 Å². The first-order chi connectivity index (χ1) is 12.7. The number of rotatable bonds is 4. The molecule has 1 N–H and O–H groups in total. The maximum atomic E-state index is 13.1. The van der Waals surface area contributed by atoms with Crippen molar-refractivity contribution in [2.24, 2.45) is 0 Å². The van der Waals surface area contributed by atoms with Gasteiger partial charge in [0, 0.05) is 23.0 Å². The number of anilines is 2. The number of fused-ring (bicyclic) bond motifs is 1. The molecule has 26 heavy (non-hydrogen) atoms. The van der Waals surface area contributed by atoms with Gasteiger partial charge in [-0.25, -0.2) is 4.98 Å². The maximum Gasteiger partial charge on any atom is 0.261 e. The number of aryl methyl sites for hydroxylation is 1. The number of nitrogens with one attached hydrogen (secondary N) is 1. The summed E-state index contributed by atoms with van der Waals surface area (Å²) in [5, 5.41) is 4.08. The second kappa shape index (κ2) is 6.81. The summed E-state index contributed by atoms with van der Waals surface area (Å²) in [6.45, 7) is 2.12. The van der Waals surface area contributed by atoms with E-state index in [0.29, 0.717) is 16.4 Å². The number of halogens is 1. The lowest BCUT2D eigenvalue weighted by atomic mass is 10.1. The molecule has 0 fully saturated rings. The molecule has 5 heteroatoms. The van der Waals surface area contributed by atoms with Crippen molar-refractivity contribution in [2.75, 3.05) is 10.2 Å². The zero-order valence-electron chi connectivity index (χ0n) is 14.3. The van der Waals surface area contributed by atoms with Crippen molar-refractivity contribution in [1.82, 2.24) is 4.98 Å². The number of carbonyl (C=O) groups excluding carboxylic acids is 1. The Balaban J connectivity index is 1.79. The summed E-state index contributed by atoms with van der Waals surface area (Å²) in [4.78, 5) is 19.1. The molecule has 0 aliphatic carbocycles. The average molecular weight is 364 g/mol. The van der Waals surface area contributed by atoms with E-state index in [4.69, 9.17) is 11.6 Å². The first kappa shape index (κ1) is 16.6. The molecule has 130 valence electrons. The van der Waals surface area contributed by atoms with Crippen LogP contribution in [0, 0.1) is 0 Å². The van der Waals surface area contributed by atoms with E-state index in [1.807, 2.05) is 42.5 Å². The summed E-state index contributed by atoms with van der Waals surface area (Å²) in [7, 11) is 0. The lowest BCUT2D eigenvalue weighted by Gasteiger charge is -2.27. The Bertz CT molecular complexity index is 955. The molecule has 1 atom stereocenters. The van der Waals surface area contributed by atoms with Gasteiger partial charge >= 0.3 is 0 Å². The van der Waals surface area contributed by atoms with Crippen molar-refractivity contribution in [3.63, 3.8) is 0 Å². The van der Waals surface area contributed by atoms with Gasteiger partial charge in [-0.3, -0.25) is 9.69 Å². The molecular formula is C21H18ClN3O. The molecule has 4 rings (SSSR count). The molecule has 1 aliphatic heterocycles. The highest BCUT2D eigenvalue weighted by atomic mass is 35.5. The van der Waals surface area contributed by atoms with Crippen LogP contribution in [0.2, 0.25) is 5.02 Å². The highest BCUT2D eigenvalue weighted by Gasteiger charge is 2.38. The Labute approximate surface area is 157 Å². The zero-order valence-corrected chi connectivity index (χ0v) is 15.1. The Morgan fingerprint density at radius 2 is 1.85 bits per heavy atom. The van der Waals surface area contributed by atoms with E-state index in [-0.39, 0.29) is 12.1 Å². The topological polar surface area (TPSA) is 45.2 Å². The van der Waals surface area contributed by atoms with E-state index in [9.17, 15) is 4.79 Å². The van der Waals surface area contributed by atoms with Crippen molar-refractivity contribution in [1.29, 1.82) is 0 Å². The SMILES string of the molecule is CCc1ccccc1N[C@H]1c2ccccc2C(=O)N1c1ccc(Cl)cn1. The molecule has 0 saturated carbocycles. The monoisotopic (exact) mass is 363 g/mol. The van der Waals surface area contributed by atoms with Gasteiger partial charge in [-0.15, -0.1) is 0 Å². The van der Waals surface area contributed by atoms with Gasteiger partial charge in [0.1, 0.15) is 12.0 Å². The molecule has 1 aliphatic rings. The van der Waals surface area contributed by atoms with Crippen LogP contribution < -0.4 is 10.2 Å². The third kappa shape index (κ3) is 2.82. The number of hydrogen-bond donors (Lipinski definition) is 1. The number of amides is 1. The van der Waals surface area contributed by atoms with Gasteiger partial charge in [0.2, 0.25) is 0 Å². The lowest BCUT2D eigenvalue weighted by Crippen LogP contribution is -2.33. The summed E-state index contributed by atoms with van der Waals surface area (Å²) in [6.07, 6.45) is 2.15. The van der Waals surface area contributed by atoms with Crippen molar-refractivity contribution in [3.05, 3.63) is 88.6 Å². The number of pyridine rings is 1. The van der Waals surface area contributed by atoms with Gasteiger partial charge in [-0.2, -0.15) is 0 Å². The van der Waals surface area contributed by atoms with Crippen LogP contribution in [0.3, 0.4) is 0 Å². The Hall–Kier alpha value is -2.85. The van der Waals surface area contributed by atoms with Crippen LogP contribution in [0.25, 0.3) is 0 Å². The van der Waals surface area contributed by atoms with E-state index in [2.05, 4.69) is 23.3 Å². The number of nitrogens with zero attached hydrogens (tertiary/aromatic N) is 2. The number of benzene rings is 2. The van der Waals surface area contributed by atoms with Crippen molar-refractivity contribution >= 4 is 29.0 Å². The van der Waals surface area contributed by atoms with Crippen molar-refractivity contribution in [2.45, 2.75) is 19.5 Å².